The van der Waals surface area contributed by atoms with Gasteiger partial charge in [0.1, 0.15) is 0 Å². The number of rotatable bonds is 3. The van der Waals surface area contributed by atoms with E-state index in [2.05, 4.69) is 30.3 Å². The Bertz CT molecular complexity index is 308. The van der Waals surface area contributed by atoms with Gasteiger partial charge in [-0.15, -0.1) is 0 Å². The first-order valence-corrected chi connectivity index (χ1v) is 5.57. The van der Waals surface area contributed by atoms with E-state index in [4.69, 9.17) is 10.5 Å². The van der Waals surface area contributed by atoms with E-state index in [0.717, 1.165) is 25.9 Å². The lowest BCUT2D eigenvalue weighted by Gasteiger charge is -2.29. The molecule has 0 bridgehead atoms. The van der Waals surface area contributed by atoms with Crippen LogP contribution in [0.3, 0.4) is 0 Å². The van der Waals surface area contributed by atoms with Crippen molar-refractivity contribution < 1.29 is 4.74 Å². The van der Waals surface area contributed by atoms with Crippen LogP contribution >= 0.6 is 0 Å². The van der Waals surface area contributed by atoms with Gasteiger partial charge in [0.2, 0.25) is 0 Å². The molecule has 0 aromatic heterocycles. The molecule has 1 aliphatic rings. The zero-order valence-corrected chi connectivity index (χ0v) is 9.28. The largest absolute Gasteiger partial charge is 0.384 e. The van der Waals surface area contributed by atoms with E-state index in [9.17, 15) is 0 Å². The maximum atomic E-state index is 6.02. The number of methoxy groups -OCH3 is 1. The Balaban J connectivity index is 2.27. The molecular formula is C13H19NO. The van der Waals surface area contributed by atoms with Gasteiger partial charge in [-0.3, -0.25) is 0 Å². The average molecular weight is 205 g/mol. The van der Waals surface area contributed by atoms with Crippen molar-refractivity contribution in [2.24, 2.45) is 5.73 Å². The summed E-state index contributed by atoms with van der Waals surface area (Å²) < 4.78 is 5.38. The standard InChI is InChI=1S/C13H19NO/c1-15-10-13(8-7-12(14)9-13)11-5-3-2-4-6-11/h2-6,12H,7-10,14H2,1H3/t12-,13-/m0/s1. The fraction of sp³-hybridized carbons (Fsp3) is 0.538. The van der Waals surface area contributed by atoms with Crippen molar-refractivity contribution in [1.82, 2.24) is 0 Å². The quantitative estimate of drug-likeness (QED) is 0.820. The summed E-state index contributed by atoms with van der Waals surface area (Å²) in [4.78, 5) is 0. The van der Waals surface area contributed by atoms with E-state index < -0.39 is 0 Å². The van der Waals surface area contributed by atoms with Crippen LogP contribution in [0.25, 0.3) is 0 Å². The van der Waals surface area contributed by atoms with Crippen molar-refractivity contribution in [2.75, 3.05) is 13.7 Å². The minimum Gasteiger partial charge on any atom is -0.384 e. The monoisotopic (exact) mass is 205 g/mol. The summed E-state index contributed by atoms with van der Waals surface area (Å²) in [6.45, 7) is 0.782. The summed E-state index contributed by atoms with van der Waals surface area (Å²) in [6.07, 6.45) is 3.30. The van der Waals surface area contributed by atoms with Crippen LogP contribution in [0.4, 0.5) is 0 Å². The van der Waals surface area contributed by atoms with E-state index in [1.54, 1.807) is 7.11 Å². The summed E-state index contributed by atoms with van der Waals surface area (Å²) in [5, 5.41) is 0. The Hall–Kier alpha value is -0.860. The van der Waals surface area contributed by atoms with Crippen molar-refractivity contribution in [3.8, 4) is 0 Å². The van der Waals surface area contributed by atoms with Crippen molar-refractivity contribution in [2.45, 2.75) is 30.7 Å². The third kappa shape index (κ3) is 2.06. The maximum Gasteiger partial charge on any atom is 0.0559 e. The van der Waals surface area contributed by atoms with Gasteiger partial charge < -0.3 is 10.5 Å². The molecule has 1 saturated carbocycles. The molecule has 1 aliphatic carbocycles. The van der Waals surface area contributed by atoms with E-state index >= 15 is 0 Å². The second-order valence-electron chi connectivity index (χ2n) is 4.58. The predicted octanol–water partition coefficient (Wildman–Crippen LogP) is 2.08. The van der Waals surface area contributed by atoms with Crippen LogP contribution in [0.5, 0.6) is 0 Å². The third-order valence-electron chi connectivity index (χ3n) is 3.45. The molecular weight excluding hydrogens is 186 g/mol. The molecule has 15 heavy (non-hydrogen) atoms. The zero-order valence-electron chi connectivity index (χ0n) is 9.28. The van der Waals surface area contributed by atoms with Crippen LogP contribution in [-0.4, -0.2) is 19.8 Å². The van der Waals surface area contributed by atoms with Gasteiger partial charge in [-0.1, -0.05) is 30.3 Å². The van der Waals surface area contributed by atoms with E-state index in [-0.39, 0.29) is 5.41 Å². The molecule has 0 amide bonds. The van der Waals surface area contributed by atoms with Crippen LogP contribution in [0.1, 0.15) is 24.8 Å². The van der Waals surface area contributed by atoms with Crippen LogP contribution in [0, 0.1) is 0 Å². The summed E-state index contributed by atoms with van der Waals surface area (Å²) in [5.74, 6) is 0. The molecule has 82 valence electrons. The fourth-order valence-corrected chi connectivity index (χ4v) is 2.71. The zero-order chi connectivity index (χ0) is 10.7. The fourth-order valence-electron chi connectivity index (χ4n) is 2.71. The lowest BCUT2D eigenvalue weighted by molar-refractivity contribution is 0.131. The summed E-state index contributed by atoms with van der Waals surface area (Å²) in [5.41, 5.74) is 7.56. The minimum absolute atomic E-state index is 0.162. The number of ether oxygens (including phenoxy) is 1. The highest BCUT2D eigenvalue weighted by Gasteiger charge is 2.39. The van der Waals surface area contributed by atoms with Gasteiger partial charge in [0, 0.05) is 18.6 Å². The Morgan fingerprint density at radius 2 is 2.13 bits per heavy atom. The Labute approximate surface area is 91.4 Å². The average Bonchev–Trinajstić information content (AvgIpc) is 2.63. The molecule has 0 aliphatic heterocycles. The SMILES string of the molecule is COC[C@]1(c2ccccc2)CC[C@H](N)C1. The normalized spacial score (nSPS) is 30.7. The van der Waals surface area contributed by atoms with Gasteiger partial charge in [-0.05, 0) is 24.8 Å². The highest BCUT2D eigenvalue weighted by molar-refractivity contribution is 5.27. The molecule has 1 aromatic rings. The molecule has 0 radical (unpaired) electrons. The molecule has 2 nitrogen and oxygen atoms in total. The van der Waals surface area contributed by atoms with Gasteiger partial charge in [-0.2, -0.15) is 0 Å². The Morgan fingerprint density at radius 3 is 2.67 bits per heavy atom. The van der Waals surface area contributed by atoms with Gasteiger partial charge in [0.15, 0.2) is 0 Å². The van der Waals surface area contributed by atoms with Crippen LogP contribution < -0.4 is 5.73 Å². The lowest BCUT2D eigenvalue weighted by Crippen LogP contribution is -2.30. The van der Waals surface area contributed by atoms with Gasteiger partial charge in [0.05, 0.1) is 6.61 Å². The molecule has 2 atom stereocenters. The van der Waals surface area contributed by atoms with Crippen molar-refractivity contribution >= 4 is 0 Å². The summed E-state index contributed by atoms with van der Waals surface area (Å²) in [7, 11) is 1.77. The summed E-state index contributed by atoms with van der Waals surface area (Å²) >= 11 is 0. The topological polar surface area (TPSA) is 35.2 Å². The first-order valence-electron chi connectivity index (χ1n) is 5.57. The molecule has 2 N–H and O–H groups in total. The first kappa shape index (κ1) is 10.7. The molecule has 0 unspecified atom stereocenters. The van der Waals surface area contributed by atoms with E-state index in [1.165, 1.54) is 5.56 Å². The molecule has 1 aromatic carbocycles. The van der Waals surface area contributed by atoms with E-state index in [1.807, 2.05) is 0 Å². The molecule has 2 rings (SSSR count). The van der Waals surface area contributed by atoms with Gasteiger partial charge >= 0.3 is 0 Å². The van der Waals surface area contributed by atoms with Gasteiger partial charge in [-0.25, -0.2) is 0 Å². The summed E-state index contributed by atoms with van der Waals surface area (Å²) in [6, 6.07) is 11.0. The Kier molecular flexibility index (Phi) is 3.08. The maximum absolute atomic E-state index is 6.02. The molecule has 0 spiro atoms. The van der Waals surface area contributed by atoms with Crippen molar-refractivity contribution in [1.29, 1.82) is 0 Å². The molecule has 0 saturated heterocycles. The van der Waals surface area contributed by atoms with Crippen LogP contribution in [0.2, 0.25) is 0 Å². The van der Waals surface area contributed by atoms with Gasteiger partial charge in [0.25, 0.3) is 0 Å². The first-order chi connectivity index (χ1) is 7.27. The second-order valence-corrected chi connectivity index (χ2v) is 4.58. The van der Waals surface area contributed by atoms with Crippen molar-refractivity contribution in [3.63, 3.8) is 0 Å². The Morgan fingerprint density at radius 1 is 1.40 bits per heavy atom. The predicted molar refractivity (Wildman–Crippen MR) is 61.8 cm³/mol. The van der Waals surface area contributed by atoms with Crippen LogP contribution in [0.15, 0.2) is 30.3 Å². The molecule has 1 fully saturated rings. The molecule has 2 heteroatoms. The smallest absolute Gasteiger partial charge is 0.0559 e. The highest BCUT2D eigenvalue weighted by Crippen LogP contribution is 2.40. The van der Waals surface area contributed by atoms with Crippen LogP contribution in [-0.2, 0) is 10.2 Å². The third-order valence-corrected chi connectivity index (χ3v) is 3.45. The lowest BCUT2D eigenvalue weighted by atomic mass is 9.79. The minimum atomic E-state index is 0.162. The van der Waals surface area contributed by atoms with Crippen molar-refractivity contribution in [3.05, 3.63) is 35.9 Å². The highest BCUT2D eigenvalue weighted by atomic mass is 16.5. The molecule has 0 heterocycles. The number of hydrogen-bond acceptors (Lipinski definition) is 2. The second kappa shape index (κ2) is 4.33. The number of benzene rings is 1. The van der Waals surface area contributed by atoms with E-state index in [0.29, 0.717) is 6.04 Å². The number of nitrogens with two attached hydrogens (primary N) is 1. The number of hydrogen-bond donors (Lipinski definition) is 1.